The quantitative estimate of drug-likeness (QED) is 0.691. The molecule has 0 aliphatic rings. The van der Waals surface area contributed by atoms with E-state index in [1.165, 1.54) is 6.07 Å². The Hall–Kier alpha value is -1.79. The average Bonchev–Trinajstić information content (AvgIpc) is 2.85. The Balaban J connectivity index is 2.22. The molecule has 0 atom stereocenters. The number of benzene rings is 2. The highest BCUT2D eigenvalue weighted by Gasteiger charge is 2.11. The topological polar surface area (TPSA) is 33.6 Å². The smallest absolute Gasteiger partial charge is 0.200 e. The average molecular weight is 350 g/mol. The number of nitrogens with one attached hydrogen (secondary N) is 1. The Morgan fingerprint density at radius 3 is 2.60 bits per heavy atom. The zero-order valence-corrected chi connectivity index (χ0v) is 12.6. The summed E-state index contributed by atoms with van der Waals surface area (Å²) in [4.78, 5) is 0. The maximum Gasteiger partial charge on any atom is 0.200 e. The molecule has 3 rings (SSSR count). The summed E-state index contributed by atoms with van der Waals surface area (Å²) in [7, 11) is 0. The molecule has 0 aliphatic carbocycles. The highest BCUT2D eigenvalue weighted by atomic mass is 79.9. The maximum absolute atomic E-state index is 13.7. The molecule has 2 aromatic carbocycles. The van der Waals surface area contributed by atoms with E-state index in [0.717, 1.165) is 5.56 Å². The standard InChI is InChI=1S/C14H9BrFN3S/c15-11-7-6-10(8-12(11)16)19-13(17-18-14(19)20)9-4-2-1-3-5-9/h1-8H,(H,18,20). The van der Waals surface area contributed by atoms with E-state index < -0.39 is 0 Å². The monoisotopic (exact) mass is 349 g/mol. The highest BCUT2D eigenvalue weighted by Crippen LogP contribution is 2.24. The van der Waals surface area contributed by atoms with Crippen LogP contribution in [0.5, 0.6) is 0 Å². The second kappa shape index (κ2) is 5.30. The van der Waals surface area contributed by atoms with E-state index in [1.807, 2.05) is 30.3 Å². The first-order valence-electron chi connectivity index (χ1n) is 5.85. The fourth-order valence-corrected chi connectivity index (χ4v) is 2.43. The summed E-state index contributed by atoms with van der Waals surface area (Å²) in [5.41, 5.74) is 1.53. The molecule has 100 valence electrons. The van der Waals surface area contributed by atoms with Crippen LogP contribution in [0.3, 0.4) is 0 Å². The molecule has 0 unspecified atom stereocenters. The third-order valence-electron chi connectivity index (χ3n) is 2.87. The van der Waals surface area contributed by atoms with E-state index >= 15 is 0 Å². The van der Waals surface area contributed by atoms with Crippen LogP contribution >= 0.6 is 28.1 Å². The van der Waals surface area contributed by atoms with Crippen LogP contribution in [0.1, 0.15) is 0 Å². The highest BCUT2D eigenvalue weighted by molar-refractivity contribution is 9.10. The fourth-order valence-electron chi connectivity index (χ4n) is 1.94. The Morgan fingerprint density at radius 1 is 1.15 bits per heavy atom. The molecular weight excluding hydrogens is 341 g/mol. The van der Waals surface area contributed by atoms with Gasteiger partial charge >= 0.3 is 0 Å². The van der Waals surface area contributed by atoms with Gasteiger partial charge in [0.1, 0.15) is 5.82 Å². The summed E-state index contributed by atoms with van der Waals surface area (Å²) in [6.45, 7) is 0. The van der Waals surface area contributed by atoms with Crippen molar-refractivity contribution in [2.75, 3.05) is 0 Å². The number of hydrogen-bond acceptors (Lipinski definition) is 2. The minimum absolute atomic E-state index is 0.343. The lowest BCUT2D eigenvalue weighted by Gasteiger charge is -2.07. The molecule has 0 fully saturated rings. The summed E-state index contributed by atoms with van der Waals surface area (Å²) in [5, 5.41) is 6.98. The second-order valence-electron chi connectivity index (χ2n) is 4.15. The van der Waals surface area contributed by atoms with E-state index in [0.29, 0.717) is 20.8 Å². The van der Waals surface area contributed by atoms with Crippen LogP contribution in [-0.4, -0.2) is 14.8 Å². The molecule has 3 nitrogen and oxygen atoms in total. The third-order valence-corrected chi connectivity index (χ3v) is 3.78. The van der Waals surface area contributed by atoms with Gasteiger partial charge in [-0.05, 0) is 46.3 Å². The van der Waals surface area contributed by atoms with Gasteiger partial charge in [-0.15, -0.1) is 0 Å². The summed E-state index contributed by atoms with van der Waals surface area (Å²) in [6.07, 6.45) is 0. The SMILES string of the molecule is Fc1cc(-n2c(-c3ccccc3)n[nH]c2=S)ccc1Br. The molecule has 0 saturated heterocycles. The Kier molecular flexibility index (Phi) is 3.50. The number of aromatic amines is 1. The number of nitrogens with zero attached hydrogens (tertiary/aromatic N) is 2. The molecular formula is C14H9BrFN3S. The minimum atomic E-state index is -0.343. The van der Waals surface area contributed by atoms with E-state index in [4.69, 9.17) is 12.2 Å². The van der Waals surface area contributed by atoms with Crippen LogP contribution in [0.4, 0.5) is 4.39 Å². The zero-order valence-electron chi connectivity index (χ0n) is 10.2. The largest absolute Gasteiger partial charge is 0.268 e. The van der Waals surface area contributed by atoms with Crippen molar-refractivity contribution in [3.63, 3.8) is 0 Å². The summed E-state index contributed by atoms with van der Waals surface area (Å²) in [5.74, 6) is 0.307. The predicted octanol–water partition coefficient (Wildman–Crippen LogP) is 4.50. The molecule has 3 aromatic rings. The molecule has 0 bridgehead atoms. The fraction of sp³-hybridized carbons (Fsp3) is 0. The van der Waals surface area contributed by atoms with Crippen LogP contribution in [0.15, 0.2) is 53.0 Å². The van der Waals surface area contributed by atoms with Crippen molar-refractivity contribution < 1.29 is 4.39 Å². The number of halogens is 2. The van der Waals surface area contributed by atoms with Crippen molar-refractivity contribution in [1.82, 2.24) is 14.8 Å². The Labute approximate surface area is 128 Å². The lowest BCUT2D eigenvalue weighted by Crippen LogP contribution is -1.98. The van der Waals surface area contributed by atoms with Crippen molar-refractivity contribution in [2.45, 2.75) is 0 Å². The molecule has 0 radical (unpaired) electrons. The van der Waals surface area contributed by atoms with Gasteiger partial charge in [-0.2, -0.15) is 5.10 Å². The third kappa shape index (κ3) is 2.32. The van der Waals surface area contributed by atoms with Crippen molar-refractivity contribution in [1.29, 1.82) is 0 Å². The molecule has 0 saturated carbocycles. The van der Waals surface area contributed by atoms with E-state index in [2.05, 4.69) is 26.1 Å². The van der Waals surface area contributed by atoms with Gasteiger partial charge in [0.2, 0.25) is 0 Å². The van der Waals surface area contributed by atoms with Crippen molar-refractivity contribution in [3.8, 4) is 17.1 Å². The van der Waals surface area contributed by atoms with Crippen LogP contribution in [0.25, 0.3) is 17.1 Å². The van der Waals surface area contributed by atoms with Gasteiger partial charge < -0.3 is 0 Å². The molecule has 0 aliphatic heterocycles. The van der Waals surface area contributed by atoms with Crippen molar-refractivity contribution in [2.24, 2.45) is 0 Å². The van der Waals surface area contributed by atoms with Gasteiger partial charge in [0, 0.05) is 5.56 Å². The van der Waals surface area contributed by atoms with Gasteiger partial charge in [-0.3, -0.25) is 9.67 Å². The molecule has 0 spiro atoms. The van der Waals surface area contributed by atoms with Gasteiger partial charge in [0.15, 0.2) is 10.6 Å². The molecule has 20 heavy (non-hydrogen) atoms. The summed E-state index contributed by atoms with van der Waals surface area (Å²) < 4.78 is 16.3. The molecule has 1 N–H and O–H groups in total. The maximum atomic E-state index is 13.7. The number of hydrogen-bond donors (Lipinski definition) is 1. The van der Waals surface area contributed by atoms with Crippen LogP contribution < -0.4 is 0 Å². The second-order valence-corrected chi connectivity index (χ2v) is 5.39. The van der Waals surface area contributed by atoms with Gasteiger partial charge in [0.05, 0.1) is 10.2 Å². The molecule has 6 heteroatoms. The summed E-state index contributed by atoms with van der Waals surface area (Å²) >= 11 is 8.38. The van der Waals surface area contributed by atoms with E-state index in [1.54, 1.807) is 16.7 Å². The van der Waals surface area contributed by atoms with Crippen molar-refractivity contribution in [3.05, 3.63) is 63.6 Å². The van der Waals surface area contributed by atoms with Crippen LogP contribution in [0.2, 0.25) is 0 Å². The molecule has 1 aromatic heterocycles. The lowest BCUT2D eigenvalue weighted by molar-refractivity contribution is 0.620. The predicted molar refractivity (Wildman–Crippen MR) is 81.8 cm³/mol. The van der Waals surface area contributed by atoms with E-state index in [9.17, 15) is 4.39 Å². The van der Waals surface area contributed by atoms with E-state index in [-0.39, 0.29) is 5.82 Å². The minimum Gasteiger partial charge on any atom is -0.268 e. The zero-order chi connectivity index (χ0) is 14.1. The first-order valence-corrected chi connectivity index (χ1v) is 7.05. The van der Waals surface area contributed by atoms with Crippen molar-refractivity contribution >= 4 is 28.1 Å². The Morgan fingerprint density at radius 2 is 1.90 bits per heavy atom. The normalized spacial score (nSPS) is 10.7. The van der Waals surface area contributed by atoms with Crippen LogP contribution in [-0.2, 0) is 0 Å². The van der Waals surface area contributed by atoms with Gasteiger partial charge in [-0.25, -0.2) is 4.39 Å². The first-order chi connectivity index (χ1) is 9.66. The number of aromatic nitrogens is 3. The van der Waals surface area contributed by atoms with Gasteiger partial charge in [-0.1, -0.05) is 30.3 Å². The molecule has 1 heterocycles. The Bertz CT molecular complexity index is 811. The van der Waals surface area contributed by atoms with Crippen LogP contribution in [0, 0.1) is 10.6 Å². The lowest BCUT2D eigenvalue weighted by atomic mass is 10.2. The number of H-pyrrole nitrogens is 1. The summed E-state index contributed by atoms with van der Waals surface area (Å²) in [6, 6.07) is 14.5. The van der Waals surface area contributed by atoms with Gasteiger partial charge in [0.25, 0.3) is 0 Å². The molecule has 0 amide bonds. The number of rotatable bonds is 2. The first kappa shape index (κ1) is 13.2.